The zero-order valence-corrected chi connectivity index (χ0v) is 20.2. The quantitative estimate of drug-likeness (QED) is 0.177. The van der Waals surface area contributed by atoms with Gasteiger partial charge in [0, 0.05) is 24.7 Å². The van der Waals surface area contributed by atoms with E-state index < -0.39 is 28.3 Å². The van der Waals surface area contributed by atoms with Gasteiger partial charge in [-0.2, -0.15) is 0 Å². The van der Waals surface area contributed by atoms with Gasteiger partial charge in [0.15, 0.2) is 0 Å². The van der Waals surface area contributed by atoms with Crippen LogP contribution in [-0.4, -0.2) is 49.7 Å². The normalized spacial score (nSPS) is 17.6. The minimum Gasteiger partial charge on any atom is -0.481 e. The Kier molecular flexibility index (Phi) is 11.9. The van der Waals surface area contributed by atoms with Crippen molar-refractivity contribution in [1.82, 2.24) is 4.90 Å². The van der Waals surface area contributed by atoms with E-state index in [1.807, 2.05) is 0 Å². The highest BCUT2D eigenvalue weighted by Crippen LogP contribution is 2.44. The highest BCUT2D eigenvalue weighted by Gasteiger charge is 2.44. The van der Waals surface area contributed by atoms with Crippen molar-refractivity contribution in [2.45, 2.75) is 88.5 Å². The number of benzene rings is 1. The predicted molar refractivity (Wildman–Crippen MR) is 130 cm³/mol. The number of nitro benzene ring substituents is 1. The number of rotatable bonds is 16. The topological polar surface area (TPSA) is 138 Å². The van der Waals surface area contributed by atoms with Gasteiger partial charge in [0.25, 0.3) is 5.69 Å². The zero-order chi connectivity index (χ0) is 24.9. The molecule has 0 aliphatic carbocycles. The molecule has 9 nitrogen and oxygen atoms in total. The van der Waals surface area contributed by atoms with Crippen LogP contribution in [0.5, 0.6) is 0 Å². The third-order valence-electron chi connectivity index (χ3n) is 6.00. The molecular weight excluding hydrogens is 460 g/mol. The number of unbranched alkanes of at least 4 members (excludes halogenated alkanes) is 9. The maximum absolute atomic E-state index is 13.0. The Hall–Kier alpha value is -2.62. The molecule has 1 amide bonds. The standard InChI is InChI=1S/C24H34N2O7S/c27-21(15-9-7-5-3-1-2-4-6-8-10-16-22(28)29)25-20(24(30)31)17-34-23(25)18-13-11-12-14-19(18)26(32)33/h11-14,20,23H,1-10,15-17H2,(H,28,29)(H,30,31)/t20-,23?/m0/s1. The number of nitrogens with zero attached hydrogens (tertiary/aromatic N) is 2. The molecule has 0 saturated carbocycles. The Labute approximate surface area is 204 Å². The molecule has 1 unspecified atom stereocenters. The second-order valence-electron chi connectivity index (χ2n) is 8.59. The van der Waals surface area contributed by atoms with Crippen LogP contribution >= 0.6 is 11.8 Å². The number of hydrogen-bond acceptors (Lipinski definition) is 6. The molecule has 10 heteroatoms. The van der Waals surface area contributed by atoms with Gasteiger partial charge in [-0.15, -0.1) is 11.8 Å². The van der Waals surface area contributed by atoms with Crippen molar-refractivity contribution >= 4 is 35.3 Å². The first-order chi connectivity index (χ1) is 16.3. The summed E-state index contributed by atoms with van der Waals surface area (Å²) in [7, 11) is 0. The van der Waals surface area contributed by atoms with Crippen molar-refractivity contribution in [3.05, 3.63) is 39.9 Å². The second kappa shape index (κ2) is 14.6. The molecule has 0 radical (unpaired) electrons. The number of aliphatic carboxylic acids is 2. The first-order valence-corrected chi connectivity index (χ1v) is 13.0. The molecule has 1 fully saturated rings. The van der Waals surface area contributed by atoms with E-state index in [2.05, 4.69) is 0 Å². The lowest BCUT2D eigenvalue weighted by atomic mass is 10.0. The van der Waals surface area contributed by atoms with Gasteiger partial charge in [0.05, 0.1) is 10.5 Å². The van der Waals surface area contributed by atoms with Crippen LogP contribution in [0, 0.1) is 10.1 Å². The summed E-state index contributed by atoms with van der Waals surface area (Å²) in [5.41, 5.74) is 0.253. The summed E-state index contributed by atoms with van der Waals surface area (Å²) in [6.45, 7) is 0. The number of carbonyl (C=O) groups is 3. The van der Waals surface area contributed by atoms with Gasteiger partial charge in [-0.3, -0.25) is 19.7 Å². The van der Waals surface area contributed by atoms with Crippen molar-refractivity contribution < 1.29 is 29.5 Å². The SMILES string of the molecule is O=C(O)CCCCCCCCCCCCC(=O)N1C(c2ccccc2[N+](=O)[O-])SC[C@H]1C(=O)O. The number of thioether (sulfide) groups is 1. The third-order valence-corrected chi connectivity index (χ3v) is 7.31. The van der Waals surface area contributed by atoms with Crippen LogP contribution in [0.3, 0.4) is 0 Å². The maximum Gasteiger partial charge on any atom is 0.327 e. The van der Waals surface area contributed by atoms with E-state index in [9.17, 15) is 29.6 Å². The highest BCUT2D eigenvalue weighted by molar-refractivity contribution is 7.99. The molecule has 2 atom stereocenters. The number of hydrogen-bond donors (Lipinski definition) is 2. The van der Waals surface area contributed by atoms with Crippen LogP contribution in [0.1, 0.15) is 88.0 Å². The number of para-hydroxylation sites is 1. The summed E-state index contributed by atoms with van der Waals surface area (Å²) in [6, 6.07) is 5.20. The molecule has 1 aromatic carbocycles. The van der Waals surface area contributed by atoms with Crippen molar-refractivity contribution in [1.29, 1.82) is 0 Å². The smallest absolute Gasteiger partial charge is 0.327 e. The monoisotopic (exact) mass is 494 g/mol. The van der Waals surface area contributed by atoms with Crippen molar-refractivity contribution in [3.63, 3.8) is 0 Å². The first-order valence-electron chi connectivity index (χ1n) is 11.9. The summed E-state index contributed by atoms with van der Waals surface area (Å²) in [6.07, 6.45) is 10.1. The van der Waals surface area contributed by atoms with E-state index in [4.69, 9.17) is 5.11 Å². The first kappa shape index (κ1) is 27.6. The van der Waals surface area contributed by atoms with Crippen LogP contribution in [0.4, 0.5) is 5.69 Å². The van der Waals surface area contributed by atoms with E-state index in [1.165, 1.54) is 22.7 Å². The van der Waals surface area contributed by atoms with E-state index in [0.717, 1.165) is 57.8 Å². The Morgan fingerprint density at radius 2 is 1.44 bits per heavy atom. The summed E-state index contributed by atoms with van der Waals surface area (Å²) < 4.78 is 0. The fourth-order valence-electron chi connectivity index (χ4n) is 4.20. The van der Waals surface area contributed by atoms with Gasteiger partial charge in [0.2, 0.25) is 5.91 Å². The largest absolute Gasteiger partial charge is 0.481 e. The maximum atomic E-state index is 13.0. The van der Waals surface area contributed by atoms with E-state index in [-0.39, 0.29) is 30.2 Å². The van der Waals surface area contributed by atoms with Crippen LogP contribution in [0.15, 0.2) is 24.3 Å². The lowest BCUT2D eigenvalue weighted by Gasteiger charge is -2.27. The van der Waals surface area contributed by atoms with Gasteiger partial charge in [-0.25, -0.2) is 4.79 Å². The Morgan fingerprint density at radius 3 is 1.97 bits per heavy atom. The Balaban J connectivity index is 1.75. The van der Waals surface area contributed by atoms with E-state index >= 15 is 0 Å². The molecule has 1 aromatic rings. The molecule has 0 spiro atoms. The van der Waals surface area contributed by atoms with Crippen molar-refractivity contribution in [2.75, 3.05) is 5.75 Å². The molecule has 2 rings (SSSR count). The summed E-state index contributed by atoms with van der Waals surface area (Å²) in [5, 5.41) is 29.0. The van der Waals surface area contributed by atoms with Gasteiger partial charge in [-0.1, -0.05) is 63.5 Å². The van der Waals surface area contributed by atoms with Gasteiger partial charge < -0.3 is 15.1 Å². The number of carbonyl (C=O) groups excluding carboxylic acids is 1. The minimum absolute atomic E-state index is 0.106. The fraction of sp³-hybridized carbons (Fsp3) is 0.625. The molecule has 1 heterocycles. The fourth-order valence-corrected chi connectivity index (χ4v) is 5.67. The van der Waals surface area contributed by atoms with E-state index in [1.54, 1.807) is 18.2 Å². The van der Waals surface area contributed by atoms with E-state index in [0.29, 0.717) is 12.0 Å². The molecule has 1 saturated heterocycles. The molecule has 0 aromatic heterocycles. The summed E-state index contributed by atoms with van der Waals surface area (Å²) in [4.78, 5) is 47.4. The van der Waals surface area contributed by atoms with Crippen molar-refractivity contribution in [2.24, 2.45) is 0 Å². The highest BCUT2D eigenvalue weighted by atomic mass is 32.2. The number of carboxylic acid groups (broad SMARTS) is 2. The average Bonchev–Trinajstić information content (AvgIpc) is 3.25. The van der Waals surface area contributed by atoms with Crippen LogP contribution < -0.4 is 0 Å². The molecule has 1 aliphatic heterocycles. The van der Waals surface area contributed by atoms with Crippen molar-refractivity contribution in [3.8, 4) is 0 Å². The number of nitro groups is 1. The summed E-state index contributed by atoms with van der Waals surface area (Å²) >= 11 is 1.25. The summed E-state index contributed by atoms with van der Waals surface area (Å²) in [5.74, 6) is -1.90. The molecule has 2 N–H and O–H groups in total. The number of carboxylic acids is 2. The molecule has 1 aliphatic rings. The predicted octanol–water partition coefficient (Wildman–Crippen LogP) is 5.39. The van der Waals surface area contributed by atoms with Crippen LogP contribution in [0.25, 0.3) is 0 Å². The molecule has 188 valence electrons. The number of amides is 1. The van der Waals surface area contributed by atoms with Gasteiger partial charge >= 0.3 is 11.9 Å². The average molecular weight is 495 g/mol. The molecular formula is C24H34N2O7S. The second-order valence-corrected chi connectivity index (χ2v) is 9.70. The minimum atomic E-state index is -1.09. The van der Waals surface area contributed by atoms with Gasteiger partial charge in [0.1, 0.15) is 11.4 Å². The lowest BCUT2D eigenvalue weighted by Crippen LogP contribution is -2.43. The molecule has 0 bridgehead atoms. The molecule has 34 heavy (non-hydrogen) atoms. The lowest BCUT2D eigenvalue weighted by molar-refractivity contribution is -0.385. The van der Waals surface area contributed by atoms with Crippen LogP contribution in [0.2, 0.25) is 0 Å². The Morgan fingerprint density at radius 1 is 0.912 bits per heavy atom. The zero-order valence-electron chi connectivity index (χ0n) is 19.4. The van der Waals surface area contributed by atoms with Crippen LogP contribution in [-0.2, 0) is 14.4 Å². The van der Waals surface area contributed by atoms with Gasteiger partial charge in [-0.05, 0) is 18.9 Å². The third kappa shape index (κ3) is 8.62. The Bertz CT molecular complexity index is 848.